The van der Waals surface area contributed by atoms with Crippen molar-refractivity contribution in [2.45, 2.75) is 0 Å². The quantitative estimate of drug-likeness (QED) is 0.802. The average Bonchev–Trinajstić information content (AvgIpc) is 2.33. The monoisotopic (exact) mass is 240 g/mol. The second kappa shape index (κ2) is 6.09. The summed E-state index contributed by atoms with van der Waals surface area (Å²) in [5.74, 6) is 0.706. The SMILES string of the molecule is Clc1[c]cccc1OCCN1CCOCC1. The van der Waals surface area contributed by atoms with E-state index in [1.54, 1.807) is 6.07 Å². The molecule has 16 heavy (non-hydrogen) atoms. The van der Waals surface area contributed by atoms with Crippen LogP contribution in [-0.4, -0.2) is 44.4 Å². The minimum Gasteiger partial charge on any atom is -0.491 e. The van der Waals surface area contributed by atoms with Crippen LogP contribution in [0.25, 0.3) is 0 Å². The van der Waals surface area contributed by atoms with Gasteiger partial charge in [-0.1, -0.05) is 23.7 Å². The molecule has 4 heteroatoms. The number of halogens is 1. The first-order valence-corrected chi connectivity index (χ1v) is 5.83. The van der Waals surface area contributed by atoms with Gasteiger partial charge in [0, 0.05) is 25.7 Å². The Morgan fingerprint density at radius 2 is 2.25 bits per heavy atom. The highest BCUT2D eigenvalue weighted by Gasteiger charge is 2.10. The first kappa shape index (κ1) is 11.7. The highest BCUT2D eigenvalue weighted by Crippen LogP contribution is 2.22. The molecule has 87 valence electrons. The van der Waals surface area contributed by atoms with Gasteiger partial charge in [0.1, 0.15) is 12.4 Å². The predicted molar refractivity (Wildman–Crippen MR) is 63.0 cm³/mol. The van der Waals surface area contributed by atoms with Gasteiger partial charge in [0.25, 0.3) is 0 Å². The molecule has 1 aliphatic heterocycles. The van der Waals surface area contributed by atoms with Gasteiger partial charge in [-0.25, -0.2) is 0 Å². The van der Waals surface area contributed by atoms with Crippen LogP contribution in [0.5, 0.6) is 5.75 Å². The Hall–Kier alpha value is -0.770. The topological polar surface area (TPSA) is 21.7 Å². The summed E-state index contributed by atoms with van der Waals surface area (Å²) < 4.78 is 10.9. The zero-order chi connectivity index (χ0) is 11.2. The van der Waals surface area contributed by atoms with Gasteiger partial charge in [0.15, 0.2) is 0 Å². The first-order chi connectivity index (χ1) is 7.86. The predicted octanol–water partition coefficient (Wildman–Crippen LogP) is 1.85. The molecular formula is C12H15ClNO2. The Balaban J connectivity index is 1.73. The molecule has 1 radical (unpaired) electrons. The smallest absolute Gasteiger partial charge is 0.138 e. The summed E-state index contributed by atoms with van der Waals surface area (Å²) in [5.41, 5.74) is 0. The summed E-state index contributed by atoms with van der Waals surface area (Å²) >= 11 is 5.93. The molecule has 2 rings (SSSR count). The van der Waals surface area contributed by atoms with E-state index in [4.69, 9.17) is 21.1 Å². The lowest BCUT2D eigenvalue weighted by atomic mass is 10.3. The third-order valence-corrected chi connectivity index (χ3v) is 2.83. The summed E-state index contributed by atoms with van der Waals surface area (Å²) in [6, 6.07) is 8.40. The molecule has 1 aromatic rings. The molecule has 0 saturated carbocycles. The zero-order valence-electron chi connectivity index (χ0n) is 9.12. The van der Waals surface area contributed by atoms with Crippen molar-refractivity contribution in [3.05, 3.63) is 29.3 Å². The molecule has 0 bridgehead atoms. The van der Waals surface area contributed by atoms with Crippen LogP contribution in [0.3, 0.4) is 0 Å². The maximum Gasteiger partial charge on any atom is 0.138 e. The fourth-order valence-corrected chi connectivity index (χ4v) is 1.80. The molecule has 1 aromatic carbocycles. The van der Waals surface area contributed by atoms with Gasteiger partial charge in [0.2, 0.25) is 0 Å². The van der Waals surface area contributed by atoms with Crippen LogP contribution in [0.4, 0.5) is 0 Å². The molecule has 0 amide bonds. The minimum atomic E-state index is 0.546. The van der Waals surface area contributed by atoms with E-state index < -0.39 is 0 Å². The number of benzene rings is 1. The summed E-state index contributed by atoms with van der Waals surface area (Å²) in [5, 5.41) is 0.546. The summed E-state index contributed by atoms with van der Waals surface area (Å²) in [4.78, 5) is 2.32. The van der Waals surface area contributed by atoms with E-state index in [0.717, 1.165) is 32.8 Å². The normalized spacial score (nSPS) is 17.3. The molecule has 3 nitrogen and oxygen atoms in total. The lowest BCUT2D eigenvalue weighted by molar-refractivity contribution is 0.0322. The van der Waals surface area contributed by atoms with Gasteiger partial charge in [0.05, 0.1) is 18.2 Å². The van der Waals surface area contributed by atoms with Crippen molar-refractivity contribution in [3.63, 3.8) is 0 Å². The van der Waals surface area contributed by atoms with Gasteiger partial charge in [-0.15, -0.1) is 0 Å². The van der Waals surface area contributed by atoms with Crippen LogP contribution >= 0.6 is 11.6 Å². The highest BCUT2D eigenvalue weighted by molar-refractivity contribution is 6.31. The van der Waals surface area contributed by atoms with E-state index in [1.165, 1.54) is 0 Å². The third-order valence-electron chi connectivity index (χ3n) is 2.54. The molecule has 1 fully saturated rings. The van der Waals surface area contributed by atoms with Crippen molar-refractivity contribution in [1.29, 1.82) is 0 Å². The highest BCUT2D eigenvalue weighted by atomic mass is 35.5. The Bertz CT molecular complexity index is 327. The summed E-state index contributed by atoms with van der Waals surface area (Å²) in [7, 11) is 0. The van der Waals surface area contributed by atoms with Crippen molar-refractivity contribution in [2.24, 2.45) is 0 Å². The molecule has 0 spiro atoms. The van der Waals surface area contributed by atoms with Gasteiger partial charge in [-0.05, 0) is 6.07 Å². The Morgan fingerprint density at radius 1 is 1.44 bits per heavy atom. The number of hydrogen-bond acceptors (Lipinski definition) is 3. The van der Waals surface area contributed by atoms with Crippen molar-refractivity contribution in [3.8, 4) is 5.75 Å². The van der Waals surface area contributed by atoms with Gasteiger partial charge in [-0.3, -0.25) is 4.90 Å². The molecule has 1 aliphatic rings. The van der Waals surface area contributed by atoms with Crippen LogP contribution in [0.1, 0.15) is 0 Å². The van der Waals surface area contributed by atoms with Crippen molar-refractivity contribution in [1.82, 2.24) is 4.90 Å². The molecule has 0 aromatic heterocycles. The molecule has 0 aliphatic carbocycles. The molecule has 0 N–H and O–H groups in total. The molecule has 1 saturated heterocycles. The van der Waals surface area contributed by atoms with Crippen LogP contribution in [0.15, 0.2) is 18.2 Å². The number of hydrogen-bond donors (Lipinski definition) is 0. The van der Waals surface area contributed by atoms with Crippen molar-refractivity contribution >= 4 is 11.6 Å². The average molecular weight is 241 g/mol. The maximum absolute atomic E-state index is 5.93. The fourth-order valence-electron chi connectivity index (χ4n) is 1.62. The van der Waals surface area contributed by atoms with E-state index in [-0.39, 0.29) is 0 Å². The van der Waals surface area contributed by atoms with Gasteiger partial charge in [-0.2, -0.15) is 0 Å². The molecular weight excluding hydrogens is 226 g/mol. The van der Waals surface area contributed by atoms with E-state index in [2.05, 4.69) is 11.0 Å². The lowest BCUT2D eigenvalue weighted by Gasteiger charge is -2.26. The minimum absolute atomic E-state index is 0.546. The second-order valence-electron chi connectivity index (χ2n) is 3.65. The van der Waals surface area contributed by atoms with Gasteiger partial charge < -0.3 is 9.47 Å². The Kier molecular flexibility index (Phi) is 4.45. The van der Waals surface area contributed by atoms with Crippen LogP contribution in [-0.2, 0) is 4.74 Å². The number of nitrogens with zero attached hydrogens (tertiary/aromatic N) is 1. The number of ether oxygens (including phenoxy) is 2. The third kappa shape index (κ3) is 3.37. The van der Waals surface area contributed by atoms with Crippen molar-refractivity contribution < 1.29 is 9.47 Å². The first-order valence-electron chi connectivity index (χ1n) is 5.45. The van der Waals surface area contributed by atoms with E-state index in [1.807, 2.05) is 12.1 Å². The lowest BCUT2D eigenvalue weighted by Crippen LogP contribution is -2.38. The Labute approximate surface area is 101 Å². The maximum atomic E-state index is 5.93. The standard InChI is InChI=1S/C12H15ClNO2/c13-11-3-1-2-4-12(11)16-10-7-14-5-8-15-9-6-14/h1-2,4H,5-10H2. The Morgan fingerprint density at radius 3 is 3.00 bits per heavy atom. The number of rotatable bonds is 4. The zero-order valence-corrected chi connectivity index (χ0v) is 9.87. The summed E-state index contributed by atoms with van der Waals surface area (Å²) in [6.45, 7) is 5.17. The van der Waals surface area contributed by atoms with E-state index >= 15 is 0 Å². The number of morpholine rings is 1. The summed E-state index contributed by atoms with van der Waals surface area (Å²) in [6.07, 6.45) is 0. The molecule has 0 atom stereocenters. The fraction of sp³-hybridized carbons (Fsp3) is 0.500. The second-order valence-corrected chi connectivity index (χ2v) is 4.03. The van der Waals surface area contributed by atoms with Crippen LogP contribution < -0.4 is 4.74 Å². The van der Waals surface area contributed by atoms with E-state index in [9.17, 15) is 0 Å². The molecule has 0 unspecified atom stereocenters. The molecule has 1 heterocycles. The van der Waals surface area contributed by atoms with Crippen molar-refractivity contribution in [2.75, 3.05) is 39.5 Å². The largest absolute Gasteiger partial charge is 0.491 e. The van der Waals surface area contributed by atoms with Crippen LogP contribution in [0, 0.1) is 6.07 Å². The van der Waals surface area contributed by atoms with Crippen LogP contribution in [0.2, 0.25) is 5.02 Å². The van der Waals surface area contributed by atoms with E-state index in [0.29, 0.717) is 17.4 Å². The van der Waals surface area contributed by atoms with Gasteiger partial charge >= 0.3 is 0 Å².